The Bertz CT molecular complexity index is 450. The van der Waals surface area contributed by atoms with Crippen LogP contribution >= 0.6 is 23.2 Å². The fraction of sp³-hybridized carbons (Fsp3) is 0.500. The molecule has 1 amide bonds. The highest BCUT2D eigenvalue weighted by molar-refractivity contribution is 6.36. The maximum atomic E-state index is 11.1. The predicted molar refractivity (Wildman–Crippen MR) is 81.5 cm³/mol. The zero-order valence-corrected chi connectivity index (χ0v) is 13.5. The molecule has 0 saturated heterocycles. The number of hydrogen-bond donors (Lipinski definition) is 1. The van der Waals surface area contributed by atoms with Crippen LogP contribution in [-0.4, -0.2) is 26.6 Å². The summed E-state index contributed by atoms with van der Waals surface area (Å²) in [6, 6.07) is 5.10. The van der Waals surface area contributed by atoms with Crippen molar-refractivity contribution in [3.05, 3.63) is 33.8 Å². The third-order valence-corrected chi connectivity index (χ3v) is 3.46. The molecule has 0 aliphatic rings. The van der Waals surface area contributed by atoms with Crippen LogP contribution in [0.5, 0.6) is 0 Å². The summed E-state index contributed by atoms with van der Waals surface area (Å²) >= 11 is 12.3. The molecule has 0 bridgehead atoms. The van der Waals surface area contributed by atoms with Crippen molar-refractivity contribution in [2.75, 3.05) is 20.5 Å². The lowest BCUT2D eigenvalue weighted by molar-refractivity contribution is -0.0465. The van der Waals surface area contributed by atoms with Crippen LogP contribution in [0.2, 0.25) is 10.0 Å². The van der Waals surface area contributed by atoms with Crippen molar-refractivity contribution >= 4 is 29.3 Å². The fourth-order valence-electron chi connectivity index (χ4n) is 1.95. The molecule has 0 fully saturated rings. The van der Waals surface area contributed by atoms with E-state index in [1.165, 1.54) is 0 Å². The molecule has 0 aliphatic carbocycles. The van der Waals surface area contributed by atoms with Gasteiger partial charge in [-0.15, -0.1) is 0 Å². The van der Waals surface area contributed by atoms with Gasteiger partial charge in [-0.2, -0.15) is 0 Å². The number of carbonyl (C=O) groups is 1. The van der Waals surface area contributed by atoms with E-state index >= 15 is 0 Å². The molecule has 7 heteroatoms. The Morgan fingerprint density at radius 1 is 1.33 bits per heavy atom. The second kappa shape index (κ2) is 9.10. The second-order valence-corrected chi connectivity index (χ2v) is 5.49. The molecule has 2 N–H and O–H groups in total. The first-order chi connectivity index (χ1) is 9.95. The Labute approximate surface area is 134 Å². The van der Waals surface area contributed by atoms with Crippen molar-refractivity contribution in [3.8, 4) is 0 Å². The van der Waals surface area contributed by atoms with Crippen molar-refractivity contribution < 1.29 is 19.0 Å². The molecule has 21 heavy (non-hydrogen) atoms. The minimum atomic E-state index is -0.874. The molecule has 5 nitrogen and oxygen atoms in total. The predicted octanol–water partition coefficient (Wildman–Crippen LogP) is 3.78. The van der Waals surface area contributed by atoms with Crippen LogP contribution in [0.1, 0.15) is 25.0 Å². The Hall–Kier alpha value is -1.01. The van der Waals surface area contributed by atoms with Crippen LogP contribution in [-0.2, 0) is 14.2 Å². The number of ether oxygens (including phenoxy) is 3. The van der Waals surface area contributed by atoms with Gasteiger partial charge in [-0.3, -0.25) is 0 Å². The van der Waals surface area contributed by atoms with Crippen LogP contribution in [0.4, 0.5) is 4.79 Å². The van der Waals surface area contributed by atoms with Crippen molar-refractivity contribution in [1.29, 1.82) is 0 Å². The highest BCUT2D eigenvalue weighted by Gasteiger charge is 2.23. The summed E-state index contributed by atoms with van der Waals surface area (Å²) in [5, 5.41) is 0.859. The molecule has 1 aromatic rings. The van der Waals surface area contributed by atoms with E-state index in [1.54, 1.807) is 25.3 Å². The molecule has 1 rings (SSSR count). The Balaban J connectivity index is 2.83. The summed E-state index contributed by atoms with van der Waals surface area (Å²) < 4.78 is 15.3. The first-order valence-electron chi connectivity index (χ1n) is 6.42. The largest absolute Gasteiger partial charge is 0.441 e. The molecule has 0 radical (unpaired) electrons. The van der Waals surface area contributed by atoms with E-state index in [-0.39, 0.29) is 12.7 Å². The molecule has 0 spiro atoms. The standard InChI is InChI=1S/C14H19Cl2NO4/c1-9(7-20-8-19-2)6-12(21-14(17)18)13-10(15)4-3-5-11(13)16/h3-5,9,12H,6-8H2,1-2H3,(H2,17,18)/t9-,12-/m0/s1. The SMILES string of the molecule is COCOC[C@@H](C)C[C@H](OC(N)=O)c1c(Cl)cccc1Cl. The highest BCUT2D eigenvalue weighted by atomic mass is 35.5. The number of hydrogen-bond acceptors (Lipinski definition) is 4. The van der Waals surface area contributed by atoms with Gasteiger partial charge in [0.05, 0.1) is 6.61 Å². The fourth-order valence-corrected chi connectivity index (χ4v) is 2.59. The van der Waals surface area contributed by atoms with Crippen LogP contribution in [0, 0.1) is 5.92 Å². The molecule has 0 heterocycles. The van der Waals surface area contributed by atoms with Crippen LogP contribution in [0.15, 0.2) is 18.2 Å². The summed E-state index contributed by atoms with van der Waals surface area (Å²) in [5.41, 5.74) is 5.68. The normalized spacial score (nSPS) is 13.7. The van der Waals surface area contributed by atoms with E-state index in [2.05, 4.69) is 0 Å². The third-order valence-electron chi connectivity index (χ3n) is 2.80. The molecule has 118 valence electrons. The number of benzene rings is 1. The van der Waals surface area contributed by atoms with Crippen LogP contribution in [0.25, 0.3) is 0 Å². The Kier molecular flexibility index (Phi) is 7.82. The van der Waals surface area contributed by atoms with E-state index in [4.69, 9.17) is 43.1 Å². The summed E-state index contributed by atoms with van der Waals surface area (Å²) in [5.74, 6) is 0.0943. The van der Waals surface area contributed by atoms with Crippen molar-refractivity contribution in [3.63, 3.8) is 0 Å². The topological polar surface area (TPSA) is 70.8 Å². The van der Waals surface area contributed by atoms with Crippen molar-refractivity contribution in [2.45, 2.75) is 19.4 Å². The first-order valence-corrected chi connectivity index (χ1v) is 7.18. The zero-order valence-electron chi connectivity index (χ0n) is 12.0. The van der Waals surface area contributed by atoms with Gasteiger partial charge >= 0.3 is 6.09 Å². The van der Waals surface area contributed by atoms with E-state index in [0.717, 1.165) is 0 Å². The van der Waals surface area contributed by atoms with E-state index < -0.39 is 12.2 Å². The highest BCUT2D eigenvalue weighted by Crippen LogP contribution is 2.36. The zero-order chi connectivity index (χ0) is 15.8. The molecule has 2 atom stereocenters. The van der Waals surface area contributed by atoms with Gasteiger partial charge in [-0.05, 0) is 24.5 Å². The number of methoxy groups -OCH3 is 1. The lowest BCUT2D eigenvalue weighted by Crippen LogP contribution is -2.21. The molecule has 0 aromatic heterocycles. The first kappa shape index (κ1) is 18.0. The minimum absolute atomic E-state index is 0.0943. The summed E-state index contributed by atoms with van der Waals surface area (Å²) in [4.78, 5) is 11.1. The molecule has 1 aromatic carbocycles. The number of amides is 1. The lowest BCUT2D eigenvalue weighted by Gasteiger charge is -2.22. The van der Waals surface area contributed by atoms with Crippen molar-refractivity contribution in [1.82, 2.24) is 0 Å². The van der Waals surface area contributed by atoms with E-state index in [1.807, 2.05) is 6.92 Å². The van der Waals surface area contributed by atoms with Gasteiger partial charge in [0, 0.05) is 22.7 Å². The van der Waals surface area contributed by atoms with Gasteiger partial charge in [0.15, 0.2) is 0 Å². The average molecular weight is 336 g/mol. The third kappa shape index (κ3) is 6.09. The maximum Gasteiger partial charge on any atom is 0.405 e. The number of primary amides is 1. The average Bonchev–Trinajstić information content (AvgIpc) is 2.37. The monoisotopic (exact) mass is 335 g/mol. The molecular weight excluding hydrogens is 317 g/mol. The molecule has 0 unspecified atom stereocenters. The summed E-state index contributed by atoms with van der Waals surface area (Å²) in [7, 11) is 1.55. The molecule has 0 saturated carbocycles. The smallest absolute Gasteiger partial charge is 0.405 e. The lowest BCUT2D eigenvalue weighted by atomic mass is 9.98. The molecule has 0 aliphatic heterocycles. The van der Waals surface area contributed by atoms with Crippen LogP contribution < -0.4 is 5.73 Å². The summed E-state index contributed by atoms with van der Waals surface area (Å²) in [6.45, 7) is 2.62. The van der Waals surface area contributed by atoms with E-state index in [9.17, 15) is 4.79 Å². The second-order valence-electron chi connectivity index (χ2n) is 4.68. The van der Waals surface area contributed by atoms with Gasteiger partial charge in [-0.1, -0.05) is 36.2 Å². The summed E-state index contributed by atoms with van der Waals surface area (Å²) in [6.07, 6.45) is -1.01. The van der Waals surface area contributed by atoms with Gasteiger partial charge in [-0.25, -0.2) is 4.79 Å². The Morgan fingerprint density at radius 2 is 1.95 bits per heavy atom. The quantitative estimate of drug-likeness (QED) is 0.579. The van der Waals surface area contributed by atoms with Gasteiger partial charge < -0.3 is 19.9 Å². The van der Waals surface area contributed by atoms with Gasteiger partial charge in [0.1, 0.15) is 12.9 Å². The molecular formula is C14H19Cl2NO4. The number of rotatable bonds is 8. The van der Waals surface area contributed by atoms with Crippen LogP contribution in [0.3, 0.4) is 0 Å². The van der Waals surface area contributed by atoms with Crippen molar-refractivity contribution in [2.24, 2.45) is 11.7 Å². The number of carbonyl (C=O) groups excluding carboxylic acids is 1. The van der Waals surface area contributed by atoms with E-state index in [0.29, 0.717) is 28.6 Å². The number of halogens is 2. The number of nitrogens with two attached hydrogens (primary N) is 1. The minimum Gasteiger partial charge on any atom is -0.441 e. The van der Waals surface area contributed by atoms with Gasteiger partial charge in [0.25, 0.3) is 0 Å². The maximum absolute atomic E-state index is 11.1. The van der Waals surface area contributed by atoms with Gasteiger partial charge in [0.2, 0.25) is 0 Å². The Morgan fingerprint density at radius 3 is 2.48 bits per heavy atom.